The molecule has 2 fully saturated rings. The number of thiol groups is 1. The highest BCUT2D eigenvalue weighted by molar-refractivity contribution is 8.00. The molecule has 12 heteroatoms. The van der Waals surface area contributed by atoms with Crippen LogP contribution in [0.4, 0.5) is 4.79 Å². The average molecular weight is 535 g/mol. The molecular formula is C23H42N4O6S2. The first-order valence-corrected chi connectivity index (χ1v) is 14.3. The van der Waals surface area contributed by atoms with Gasteiger partial charge in [0.25, 0.3) is 0 Å². The molecule has 0 aromatic heterocycles. The van der Waals surface area contributed by atoms with Gasteiger partial charge in [-0.2, -0.15) is 24.4 Å². The molecule has 0 aliphatic carbocycles. The molecule has 0 bridgehead atoms. The molecule has 0 radical (unpaired) electrons. The zero-order valence-corrected chi connectivity index (χ0v) is 22.3. The number of ether oxygens (including phenoxy) is 3. The number of nitrogens with one attached hydrogen (secondary N) is 4. The van der Waals surface area contributed by atoms with E-state index >= 15 is 0 Å². The Hall–Kier alpha value is -1.21. The van der Waals surface area contributed by atoms with E-state index in [9.17, 15) is 14.4 Å². The van der Waals surface area contributed by atoms with Crippen LogP contribution in [0.15, 0.2) is 0 Å². The summed E-state index contributed by atoms with van der Waals surface area (Å²) in [5.74, 6) is 1.64. The first-order valence-electron chi connectivity index (χ1n) is 12.7. The number of carbonyl (C=O) groups excluding carboxylic acids is 3. The van der Waals surface area contributed by atoms with E-state index in [0.29, 0.717) is 76.6 Å². The predicted molar refractivity (Wildman–Crippen MR) is 140 cm³/mol. The van der Waals surface area contributed by atoms with E-state index in [-0.39, 0.29) is 29.9 Å². The molecule has 4 amide bonds. The minimum Gasteiger partial charge on any atom is -0.379 e. The van der Waals surface area contributed by atoms with Gasteiger partial charge in [-0.3, -0.25) is 9.59 Å². The van der Waals surface area contributed by atoms with Crippen molar-refractivity contribution in [2.75, 3.05) is 64.2 Å². The molecule has 0 unspecified atom stereocenters. The topological polar surface area (TPSA) is 127 Å². The minimum atomic E-state index is -0.0532. The highest BCUT2D eigenvalue weighted by Crippen LogP contribution is 2.33. The summed E-state index contributed by atoms with van der Waals surface area (Å²) >= 11 is 5.92. The maximum Gasteiger partial charge on any atom is 0.315 e. The lowest BCUT2D eigenvalue weighted by atomic mass is 10.0. The van der Waals surface area contributed by atoms with Crippen LogP contribution in [-0.4, -0.2) is 99.4 Å². The second-order valence-corrected chi connectivity index (χ2v) is 10.3. The molecule has 0 spiro atoms. The molecule has 0 saturated carbocycles. The first-order chi connectivity index (χ1) is 17.1. The van der Waals surface area contributed by atoms with Crippen molar-refractivity contribution in [3.05, 3.63) is 0 Å². The third-order valence-electron chi connectivity index (χ3n) is 5.74. The summed E-state index contributed by atoms with van der Waals surface area (Å²) in [5, 5.41) is 12.1. The third-order valence-corrected chi connectivity index (χ3v) is 7.47. The number of amides is 4. The molecule has 2 aliphatic heterocycles. The van der Waals surface area contributed by atoms with E-state index in [1.807, 2.05) is 11.8 Å². The predicted octanol–water partition coefficient (Wildman–Crippen LogP) is 1.09. The van der Waals surface area contributed by atoms with Crippen LogP contribution < -0.4 is 21.3 Å². The van der Waals surface area contributed by atoms with Crippen LogP contribution in [0, 0.1) is 0 Å². The van der Waals surface area contributed by atoms with Crippen LogP contribution in [0.25, 0.3) is 0 Å². The normalized spacial score (nSPS) is 20.8. The quantitative estimate of drug-likeness (QED) is 0.0848. The standard InChI is InChI=1S/C23H42N4O6S2/c28-20(6-2-1-5-19-22-18(17-35-19)26-23(30)27-22)24-8-3-10-31-12-14-33-15-13-32-11-4-9-25-21(29)7-16-34/h18-19,22,34H,1-17H2,(H,24,28)(H,25,29)(H2,26,27,30)/t18-,19-,22-/m0/s1. The number of thioether (sulfide) groups is 1. The molecule has 10 nitrogen and oxygen atoms in total. The number of unbranched alkanes of at least 4 members (excludes halogenated alkanes) is 1. The van der Waals surface area contributed by atoms with Crippen molar-refractivity contribution in [1.82, 2.24) is 21.3 Å². The number of carbonyl (C=O) groups is 3. The Bertz CT molecular complexity index is 631. The van der Waals surface area contributed by atoms with E-state index in [0.717, 1.165) is 37.9 Å². The molecule has 3 atom stereocenters. The summed E-state index contributed by atoms with van der Waals surface area (Å²) in [4.78, 5) is 34.6. The van der Waals surface area contributed by atoms with E-state index in [4.69, 9.17) is 14.2 Å². The fourth-order valence-electron chi connectivity index (χ4n) is 3.90. The monoisotopic (exact) mass is 534 g/mol. The summed E-state index contributed by atoms with van der Waals surface area (Å²) in [5.41, 5.74) is 0. The molecule has 0 aromatic rings. The molecule has 2 saturated heterocycles. The van der Waals surface area contributed by atoms with Crippen LogP contribution in [0.5, 0.6) is 0 Å². The smallest absolute Gasteiger partial charge is 0.315 e. The lowest BCUT2D eigenvalue weighted by Crippen LogP contribution is -2.36. The molecule has 202 valence electrons. The number of rotatable bonds is 21. The lowest BCUT2D eigenvalue weighted by molar-refractivity contribution is -0.121. The van der Waals surface area contributed by atoms with Gasteiger partial charge in [0.15, 0.2) is 0 Å². The van der Waals surface area contributed by atoms with Crippen molar-refractivity contribution >= 4 is 42.2 Å². The Morgan fingerprint density at radius 1 is 0.857 bits per heavy atom. The van der Waals surface area contributed by atoms with Gasteiger partial charge in [-0.05, 0) is 31.4 Å². The van der Waals surface area contributed by atoms with Gasteiger partial charge in [-0.1, -0.05) is 6.42 Å². The number of fused-ring (bicyclic) bond motifs is 1. The number of hydrogen-bond donors (Lipinski definition) is 5. The Balaban J connectivity index is 1.27. The van der Waals surface area contributed by atoms with Gasteiger partial charge in [-0.25, -0.2) is 4.79 Å². The summed E-state index contributed by atoms with van der Waals surface area (Å²) < 4.78 is 16.4. The van der Waals surface area contributed by atoms with Crippen LogP contribution in [0.3, 0.4) is 0 Å². The zero-order valence-electron chi connectivity index (χ0n) is 20.6. The Labute approximate surface area is 218 Å². The van der Waals surface area contributed by atoms with Crippen LogP contribution >= 0.6 is 24.4 Å². The summed E-state index contributed by atoms with van der Waals surface area (Å²) in [6.07, 6.45) is 5.42. The molecule has 2 heterocycles. The summed E-state index contributed by atoms with van der Waals surface area (Å²) in [6, 6.07) is 0.441. The molecule has 4 N–H and O–H groups in total. The van der Waals surface area contributed by atoms with Crippen molar-refractivity contribution in [1.29, 1.82) is 0 Å². The first kappa shape index (κ1) is 30.0. The largest absolute Gasteiger partial charge is 0.379 e. The third kappa shape index (κ3) is 13.6. The van der Waals surface area contributed by atoms with Crippen LogP contribution in [0.1, 0.15) is 44.9 Å². The van der Waals surface area contributed by atoms with E-state index < -0.39 is 0 Å². The fourth-order valence-corrected chi connectivity index (χ4v) is 5.65. The van der Waals surface area contributed by atoms with E-state index in [2.05, 4.69) is 33.9 Å². The minimum absolute atomic E-state index is 0.0222. The van der Waals surface area contributed by atoms with E-state index in [1.165, 1.54) is 0 Å². The number of urea groups is 1. The second-order valence-electron chi connectivity index (χ2n) is 8.59. The highest BCUT2D eigenvalue weighted by atomic mass is 32.2. The maximum atomic E-state index is 12.0. The summed E-state index contributed by atoms with van der Waals surface area (Å²) in [6.45, 7) is 4.45. The van der Waals surface area contributed by atoms with Crippen molar-refractivity contribution in [3.8, 4) is 0 Å². The van der Waals surface area contributed by atoms with E-state index in [1.54, 1.807) is 0 Å². The lowest BCUT2D eigenvalue weighted by Gasteiger charge is -2.16. The molecule has 2 aliphatic rings. The Morgan fingerprint density at radius 2 is 1.46 bits per heavy atom. The van der Waals surface area contributed by atoms with Crippen LogP contribution in [-0.2, 0) is 23.8 Å². The molecule has 2 rings (SSSR count). The van der Waals surface area contributed by atoms with Gasteiger partial charge in [0, 0.05) is 50.1 Å². The SMILES string of the molecule is O=C(CCS)NCCCOCCOCCOCCCNC(=O)CCCC[C@@H]1SC[C@@H]2NC(=O)N[C@@H]21. The van der Waals surface area contributed by atoms with Gasteiger partial charge >= 0.3 is 6.03 Å². The highest BCUT2D eigenvalue weighted by Gasteiger charge is 2.42. The van der Waals surface area contributed by atoms with Gasteiger partial charge < -0.3 is 35.5 Å². The summed E-state index contributed by atoms with van der Waals surface area (Å²) in [7, 11) is 0. The Morgan fingerprint density at radius 3 is 2.09 bits per heavy atom. The van der Waals surface area contributed by atoms with Crippen molar-refractivity contribution < 1.29 is 28.6 Å². The van der Waals surface area contributed by atoms with Gasteiger partial charge in [0.2, 0.25) is 11.8 Å². The Kier molecular flexibility index (Phi) is 16.3. The molecule has 35 heavy (non-hydrogen) atoms. The molecule has 0 aromatic carbocycles. The van der Waals surface area contributed by atoms with Gasteiger partial charge in [-0.15, -0.1) is 0 Å². The van der Waals surface area contributed by atoms with Crippen molar-refractivity contribution in [2.45, 2.75) is 62.3 Å². The van der Waals surface area contributed by atoms with Crippen LogP contribution in [0.2, 0.25) is 0 Å². The maximum absolute atomic E-state index is 12.0. The van der Waals surface area contributed by atoms with Gasteiger partial charge in [0.1, 0.15) is 0 Å². The fraction of sp³-hybridized carbons (Fsp3) is 0.870. The van der Waals surface area contributed by atoms with Crippen molar-refractivity contribution in [3.63, 3.8) is 0 Å². The number of hydrogen-bond acceptors (Lipinski definition) is 8. The average Bonchev–Trinajstić information content (AvgIpc) is 3.38. The zero-order chi connectivity index (χ0) is 25.1. The molecular weight excluding hydrogens is 492 g/mol. The van der Waals surface area contributed by atoms with Crippen molar-refractivity contribution in [2.24, 2.45) is 0 Å². The van der Waals surface area contributed by atoms with Gasteiger partial charge in [0.05, 0.1) is 38.5 Å². The second kappa shape index (κ2) is 19.0.